The summed E-state index contributed by atoms with van der Waals surface area (Å²) < 4.78 is 4.88. The van der Waals surface area contributed by atoms with Gasteiger partial charge < -0.3 is 15.2 Å². The Hall–Kier alpha value is -1.10. The monoisotopic (exact) mass is 202 g/mol. The first-order valence-corrected chi connectivity index (χ1v) is 4.31. The maximum atomic E-state index is 11.1. The molecule has 5 nitrogen and oxygen atoms in total. The predicted octanol–water partition coefficient (Wildman–Crippen LogP) is 0.370. The third-order valence-electron chi connectivity index (χ3n) is 1.28. The van der Waals surface area contributed by atoms with Crippen molar-refractivity contribution in [2.24, 2.45) is 0 Å². The SMILES string of the molecule is CC(O)C([C]=O)NC(=O)OC(C)(C)C. The number of carbonyl (C=O) groups is 1. The Balaban J connectivity index is 4.11. The molecule has 81 valence electrons. The molecular formula is C9H16NO4. The molecule has 0 aliphatic carbocycles. The van der Waals surface area contributed by atoms with Crippen LogP contribution in [-0.4, -0.2) is 35.2 Å². The fourth-order valence-corrected chi connectivity index (χ4v) is 0.683. The summed E-state index contributed by atoms with van der Waals surface area (Å²) in [5, 5.41) is 11.2. The van der Waals surface area contributed by atoms with Crippen molar-refractivity contribution in [1.29, 1.82) is 0 Å². The van der Waals surface area contributed by atoms with Crippen molar-refractivity contribution in [1.82, 2.24) is 5.32 Å². The van der Waals surface area contributed by atoms with Crippen LogP contribution in [0.4, 0.5) is 4.79 Å². The maximum absolute atomic E-state index is 11.1. The summed E-state index contributed by atoms with van der Waals surface area (Å²) in [4.78, 5) is 21.4. The number of carbonyl (C=O) groups excluding carboxylic acids is 2. The summed E-state index contributed by atoms with van der Waals surface area (Å²) in [5.41, 5.74) is -0.629. The van der Waals surface area contributed by atoms with E-state index >= 15 is 0 Å². The van der Waals surface area contributed by atoms with E-state index in [0.29, 0.717) is 0 Å². The fourth-order valence-electron chi connectivity index (χ4n) is 0.683. The standard InChI is InChI=1S/C9H16NO4/c1-6(12)7(5-11)10-8(13)14-9(2,3)4/h6-7,12H,1-4H3,(H,10,13). The van der Waals surface area contributed by atoms with E-state index in [1.54, 1.807) is 20.8 Å². The number of hydrogen-bond acceptors (Lipinski definition) is 4. The topological polar surface area (TPSA) is 75.6 Å². The molecule has 2 atom stereocenters. The van der Waals surface area contributed by atoms with Crippen LogP contribution in [0.15, 0.2) is 0 Å². The number of alkyl carbamates (subject to hydrolysis) is 1. The van der Waals surface area contributed by atoms with E-state index < -0.39 is 23.8 Å². The zero-order valence-corrected chi connectivity index (χ0v) is 8.83. The van der Waals surface area contributed by atoms with Gasteiger partial charge in [0.1, 0.15) is 11.6 Å². The molecule has 5 heteroatoms. The minimum Gasteiger partial charge on any atom is -0.444 e. The minimum absolute atomic E-state index is 0.629. The molecule has 0 aliphatic heterocycles. The van der Waals surface area contributed by atoms with Gasteiger partial charge in [-0.3, -0.25) is 4.79 Å². The molecule has 0 aromatic rings. The van der Waals surface area contributed by atoms with E-state index in [0.717, 1.165) is 0 Å². The normalized spacial score (nSPS) is 15.5. The van der Waals surface area contributed by atoms with E-state index in [-0.39, 0.29) is 0 Å². The molecule has 0 bridgehead atoms. The Kier molecular flexibility index (Phi) is 4.56. The zero-order chi connectivity index (χ0) is 11.4. The fraction of sp³-hybridized carbons (Fsp3) is 0.778. The number of hydrogen-bond donors (Lipinski definition) is 2. The Bertz CT molecular complexity index is 207. The molecular weight excluding hydrogens is 186 g/mol. The number of aliphatic hydroxyl groups excluding tert-OH is 1. The van der Waals surface area contributed by atoms with Crippen LogP contribution in [-0.2, 0) is 9.53 Å². The van der Waals surface area contributed by atoms with Gasteiger partial charge in [-0.15, -0.1) is 0 Å². The van der Waals surface area contributed by atoms with Gasteiger partial charge in [-0.25, -0.2) is 4.79 Å². The van der Waals surface area contributed by atoms with Crippen LogP contribution in [0.3, 0.4) is 0 Å². The van der Waals surface area contributed by atoms with Gasteiger partial charge in [0.2, 0.25) is 6.29 Å². The first-order chi connectivity index (χ1) is 6.26. The summed E-state index contributed by atoms with van der Waals surface area (Å²) >= 11 is 0. The van der Waals surface area contributed by atoms with Gasteiger partial charge in [0.05, 0.1) is 6.10 Å². The maximum Gasteiger partial charge on any atom is 0.408 e. The van der Waals surface area contributed by atoms with Crippen molar-refractivity contribution in [3.05, 3.63) is 0 Å². The predicted molar refractivity (Wildman–Crippen MR) is 50.5 cm³/mol. The van der Waals surface area contributed by atoms with E-state index in [9.17, 15) is 9.59 Å². The highest BCUT2D eigenvalue weighted by Gasteiger charge is 2.22. The van der Waals surface area contributed by atoms with Gasteiger partial charge in [0.25, 0.3) is 0 Å². The number of aliphatic hydroxyl groups is 1. The number of amides is 1. The third-order valence-corrected chi connectivity index (χ3v) is 1.28. The molecule has 14 heavy (non-hydrogen) atoms. The Morgan fingerprint density at radius 2 is 2.00 bits per heavy atom. The Morgan fingerprint density at radius 1 is 1.50 bits per heavy atom. The number of ether oxygens (including phenoxy) is 1. The molecule has 1 radical (unpaired) electrons. The van der Waals surface area contributed by atoms with Gasteiger partial charge in [-0.2, -0.15) is 0 Å². The van der Waals surface area contributed by atoms with Crippen molar-refractivity contribution in [3.63, 3.8) is 0 Å². The highest BCUT2D eigenvalue weighted by Crippen LogP contribution is 2.06. The molecule has 2 N–H and O–H groups in total. The van der Waals surface area contributed by atoms with Crippen molar-refractivity contribution in [3.8, 4) is 0 Å². The number of rotatable bonds is 3. The van der Waals surface area contributed by atoms with Crippen LogP contribution in [0, 0.1) is 0 Å². The van der Waals surface area contributed by atoms with Crippen LogP contribution in [0.25, 0.3) is 0 Å². The van der Waals surface area contributed by atoms with Crippen molar-refractivity contribution in [2.75, 3.05) is 0 Å². The second-order valence-electron chi connectivity index (χ2n) is 3.98. The summed E-state index contributed by atoms with van der Waals surface area (Å²) in [6, 6.07) is -1.05. The van der Waals surface area contributed by atoms with Crippen LogP contribution >= 0.6 is 0 Å². The smallest absolute Gasteiger partial charge is 0.408 e. The van der Waals surface area contributed by atoms with E-state index in [1.165, 1.54) is 13.2 Å². The lowest BCUT2D eigenvalue weighted by molar-refractivity contribution is 0.0473. The van der Waals surface area contributed by atoms with Crippen molar-refractivity contribution < 1.29 is 19.4 Å². The molecule has 0 aromatic carbocycles. The molecule has 0 saturated heterocycles. The van der Waals surface area contributed by atoms with Gasteiger partial charge in [0, 0.05) is 0 Å². The molecule has 0 aliphatic rings. The van der Waals surface area contributed by atoms with Crippen LogP contribution in [0.1, 0.15) is 27.7 Å². The van der Waals surface area contributed by atoms with Crippen LogP contribution < -0.4 is 5.32 Å². The number of nitrogens with one attached hydrogen (secondary N) is 1. The van der Waals surface area contributed by atoms with Crippen LogP contribution in [0.2, 0.25) is 0 Å². The van der Waals surface area contributed by atoms with E-state index in [4.69, 9.17) is 9.84 Å². The lowest BCUT2D eigenvalue weighted by atomic mass is 10.2. The first kappa shape index (κ1) is 12.9. The highest BCUT2D eigenvalue weighted by atomic mass is 16.6. The molecule has 0 fully saturated rings. The molecule has 2 unspecified atom stereocenters. The summed E-state index contributed by atoms with van der Waals surface area (Å²) in [6.07, 6.45) is -0.224. The van der Waals surface area contributed by atoms with E-state index in [1.807, 2.05) is 0 Å². The molecule has 0 spiro atoms. The van der Waals surface area contributed by atoms with Crippen LogP contribution in [0.5, 0.6) is 0 Å². The second kappa shape index (κ2) is 4.95. The molecule has 0 heterocycles. The molecule has 0 aromatic heterocycles. The quantitative estimate of drug-likeness (QED) is 0.693. The Labute approximate surface area is 83.4 Å². The molecule has 0 saturated carbocycles. The first-order valence-electron chi connectivity index (χ1n) is 4.31. The van der Waals surface area contributed by atoms with Gasteiger partial charge in [-0.05, 0) is 27.7 Å². The second-order valence-corrected chi connectivity index (χ2v) is 3.98. The minimum atomic E-state index is -1.05. The van der Waals surface area contributed by atoms with Crippen molar-refractivity contribution in [2.45, 2.75) is 45.4 Å². The lowest BCUT2D eigenvalue weighted by Crippen LogP contribution is -2.45. The summed E-state index contributed by atoms with van der Waals surface area (Å²) in [6.45, 7) is 6.49. The average Bonchev–Trinajstić information content (AvgIpc) is 1.96. The van der Waals surface area contributed by atoms with E-state index in [2.05, 4.69) is 5.32 Å². The molecule has 0 rings (SSSR count). The average molecular weight is 202 g/mol. The largest absolute Gasteiger partial charge is 0.444 e. The Morgan fingerprint density at radius 3 is 2.29 bits per heavy atom. The highest BCUT2D eigenvalue weighted by molar-refractivity contribution is 5.74. The van der Waals surface area contributed by atoms with Gasteiger partial charge in [0.15, 0.2) is 0 Å². The molecule has 1 amide bonds. The summed E-state index contributed by atoms with van der Waals surface area (Å²) in [7, 11) is 0. The zero-order valence-electron chi connectivity index (χ0n) is 8.83. The van der Waals surface area contributed by atoms with Crippen molar-refractivity contribution >= 4 is 12.4 Å². The third kappa shape index (κ3) is 5.53. The van der Waals surface area contributed by atoms with Gasteiger partial charge >= 0.3 is 6.09 Å². The summed E-state index contributed by atoms with van der Waals surface area (Å²) in [5.74, 6) is 0. The lowest BCUT2D eigenvalue weighted by Gasteiger charge is -2.22. The van der Waals surface area contributed by atoms with Gasteiger partial charge in [-0.1, -0.05) is 0 Å².